The largest absolute Gasteiger partial charge is 0.459 e. The van der Waals surface area contributed by atoms with Gasteiger partial charge in [-0.15, -0.1) is 0 Å². The van der Waals surface area contributed by atoms with Gasteiger partial charge in [0.05, 0.1) is 6.04 Å². The Hall–Kier alpha value is -1.54. The Labute approximate surface area is 122 Å². The first-order valence-electron chi connectivity index (χ1n) is 7.70. The van der Waals surface area contributed by atoms with Crippen molar-refractivity contribution in [2.45, 2.75) is 46.1 Å². The molecule has 2 nitrogen and oxygen atoms in total. The number of benzene rings is 1. The lowest BCUT2D eigenvalue weighted by Crippen LogP contribution is -2.19. The predicted molar refractivity (Wildman–Crippen MR) is 84.8 cm³/mol. The van der Waals surface area contributed by atoms with Crippen molar-refractivity contribution in [2.24, 2.45) is 0 Å². The monoisotopic (exact) mass is 271 g/mol. The Bertz CT molecular complexity index is 512. The van der Waals surface area contributed by atoms with Crippen LogP contribution < -0.4 is 5.32 Å². The van der Waals surface area contributed by atoms with E-state index in [1.165, 1.54) is 12.0 Å². The highest BCUT2D eigenvalue weighted by Crippen LogP contribution is 2.27. The molecule has 2 aromatic rings. The van der Waals surface area contributed by atoms with Crippen LogP contribution in [0.15, 0.2) is 40.8 Å². The van der Waals surface area contributed by atoms with Gasteiger partial charge in [0.25, 0.3) is 0 Å². The summed E-state index contributed by atoms with van der Waals surface area (Å²) >= 11 is 0. The molecule has 0 saturated carbocycles. The molecule has 1 atom stereocenters. The van der Waals surface area contributed by atoms with Crippen molar-refractivity contribution in [1.82, 2.24) is 5.32 Å². The molecule has 0 aliphatic heterocycles. The van der Waals surface area contributed by atoms with E-state index in [4.69, 9.17) is 4.42 Å². The summed E-state index contributed by atoms with van der Waals surface area (Å²) in [7, 11) is 0. The fraction of sp³-hybridized carbons (Fsp3) is 0.444. The molecule has 108 valence electrons. The number of aryl methyl sites for hydroxylation is 1. The normalized spacial score (nSPS) is 12.6. The van der Waals surface area contributed by atoms with Gasteiger partial charge in [0.15, 0.2) is 0 Å². The molecular formula is C18H25NO. The van der Waals surface area contributed by atoms with Gasteiger partial charge in [-0.1, -0.05) is 51.5 Å². The lowest BCUT2D eigenvalue weighted by atomic mass is 10.1. The summed E-state index contributed by atoms with van der Waals surface area (Å²) in [6.07, 6.45) is 3.36. The van der Waals surface area contributed by atoms with E-state index in [2.05, 4.69) is 62.5 Å². The average molecular weight is 271 g/mol. The van der Waals surface area contributed by atoms with E-state index in [1.807, 2.05) is 0 Å². The van der Waals surface area contributed by atoms with Crippen molar-refractivity contribution in [3.63, 3.8) is 0 Å². The third-order valence-electron chi connectivity index (χ3n) is 3.61. The van der Waals surface area contributed by atoms with Crippen LogP contribution in [0.5, 0.6) is 0 Å². The molecule has 0 aliphatic carbocycles. The zero-order valence-electron chi connectivity index (χ0n) is 12.8. The summed E-state index contributed by atoms with van der Waals surface area (Å²) in [5.41, 5.74) is 2.55. The molecule has 0 fully saturated rings. The van der Waals surface area contributed by atoms with Crippen LogP contribution in [-0.2, 0) is 6.42 Å². The van der Waals surface area contributed by atoms with Crippen molar-refractivity contribution in [3.05, 3.63) is 47.7 Å². The van der Waals surface area contributed by atoms with Crippen molar-refractivity contribution in [2.75, 3.05) is 6.54 Å². The first-order chi connectivity index (χ1) is 9.78. The van der Waals surface area contributed by atoms with Crippen molar-refractivity contribution >= 4 is 0 Å². The average Bonchev–Trinajstić information content (AvgIpc) is 2.95. The van der Waals surface area contributed by atoms with E-state index in [1.54, 1.807) is 0 Å². The first kappa shape index (κ1) is 14.9. The molecule has 2 rings (SSSR count). The second kappa shape index (κ2) is 7.30. The second-order valence-corrected chi connectivity index (χ2v) is 5.17. The summed E-state index contributed by atoms with van der Waals surface area (Å²) < 4.78 is 6.01. The van der Waals surface area contributed by atoms with E-state index in [0.717, 1.165) is 36.5 Å². The van der Waals surface area contributed by atoms with Gasteiger partial charge in [0.1, 0.15) is 11.5 Å². The number of furan rings is 1. The molecular weight excluding hydrogens is 246 g/mol. The first-order valence-corrected chi connectivity index (χ1v) is 7.70. The van der Waals surface area contributed by atoms with Gasteiger partial charge in [0, 0.05) is 5.56 Å². The van der Waals surface area contributed by atoms with Crippen LogP contribution in [0.3, 0.4) is 0 Å². The number of hydrogen-bond donors (Lipinski definition) is 1. The molecule has 0 radical (unpaired) electrons. The van der Waals surface area contributed by atoms with Crippen LogP contribution in [-0.4, -0.2) is 6.54 Å². The van der Waals surface area contributed by atoms with Crippen LogP contribution in [0, 0.1) is 0 Å². The minimum atomic E-state index is 0.313. The van der Waals surface area contributed by atoms with Gasteiger partial charge in [0.2, 0.25) is 0 Å². The Balaban J connectivity index is 2.15. The third-order valence-corrected chi connectivity index (χ3v) is 3.61. The Morgan fingerprint density at radius 1 is 1.00 bits per heavy atom. The second-order valence-electron chi connectivity index (χ2n) is 5.17. The summed E-state index contributed by atoms with van der Waals surface area (Å²) in [6.45, 7) is 7.46. The highest BCUT2D eigenvalue weighted by atomic mass is 16.3. The van der Waals surface area contributed by atoms with Crippen molar-refractivity contribution in [1.29, 1.82) is 0 Å². The smallest absolute Gasteiger partial charge is 0.134 e. The van der Waals surface area contributed by atoms with Gasteiger partial charge >= 0.3 is 0 Å². The number of nitrogens with one attached hydrogen (secondary N) is 1. The molecule has 0 amide bonds. The maximum Gasteiger partial charge on any atom is 0.134 e. The quantitative estimate of drug-likeness (QED) is 0.770. The lowest BCUT2D eigenvalue weighted by Gasteiger charge is -2.12. The number of hydrogen-bond acceptors (Lipinski definition) is 2. The Morgan fingerprint density at radius 2 is 1.75 bits per heavy atom. The standard InChI is InChI=1S/C18H25NO/c1-4-7-14-8-10-15(11-9-14)17-12-13-18(20-17)16(5-2)19-6-3/h8-13,16,19H,4-7H2,1-3H3. The third kappa shape index (κ3) is 3.51. The summed E-state index contributed by atoms with van der Waals surface area (Å²) in [5, 5.41) is 3.45. The SMILES string of the molecule is CCCc1ccc(-c2ccc(C(CC)NCC)o2)cc1. The molecule has 0 bridgehead atoms. The fourth-order valence-electron chi connectivity index (χ4n) is 2.51. The van der Waals surface area contributed by atoms with E-state index in [0.29, 0.717) is 6.04 Å². The number of rotatable bonds is 7. The van der Waals surface area contributed by atoms with E-state index in [9.17, 15) is 0 Å². The van der Waals surface area contributed by atoms with Gasteiger partial charge in [-0.05, 0) is 37.1 Å². The Morgan fingerprint density at radius 3 is 2.35 bits per heavy atom. The van der Waals surface area contributed by atoms with Crippen LogP contribution in [0.25, 0.3) is 11.3 Å². The minimum absolute atomic E-state index is 0.313. The molecule has 1 aromatic carbocycles. The van der Waals surface area contributed by atoms with E-state index in [-0.39, 0.29) is 0 Å². The van der Waals surface area contributed by atoms with Crippen LogP contribution in [0.2, 0.25) is 0 Å². The molecule has 0 spiro atoms. The zero-order valence-corrected chi connectivity index (χ0v) is 12.8. The van der Waals surface area contributed by atoms with E-state index < -0.39 is 0 Å². The molecule has 0 saturated heterocycles. The molecule has 1 unspecified atom stereocenters. The zero-order chi connectivity index (χ0) is 14.4. The molecule has 20 heavy (non-hydrogen) atoms. The van der Waals surface area contributed by atoms with Crippen molar-refractivity contribution < 1.29 is 4.42 Å². The predicted octanol–water partition coefficient (Wildman–Crippen LogP) is 4.96. The highest BCUT2D eigenvalue weighted by molar-refractivity contribution is 5.58. The molecule has 1 N–H and O–H groups in total. The lowest BCUT2D eigenvalue weighted by molar-refractivity contribution is 0.417. The summed E-state index contributed by atoms with van der Waals surface area (Å²) in [5.74, 6) is 1.99. The minimum Gasteiger partial charge on any atom is -0.459 e. The fourth-order valence-corrected chi connectivity index (χ4v) is 2.51. The maximum atomic E-state index is 6.01. The van der Waals surface area contributed by atoms with Gasteiger partial charge in [-0.2, -0.15) is 0 Å². The summed E-state index contributed by atoms with van der Waals surface area (Å²) in [6, 6.07) is 13.2. The van der Waals surface area contributed by atoms with Gasteiger partial charge < -0.3 is 9.73 Å². The Kier molecular flexibility index (Phi) is 5.42. The van der Waals surface area contributed by atoms with Crippen molar-refractivity contribution in [3.8, 4) is 11.3 Å². The topological polar surface area (TPSA) is 25.2 Å². The summed E-state index contributed by atoms with van der Waals surface area (Å²) in [4.78, 5) is 0. The molecule has 1 heterocycles. The molecule has 2 heteroatoms. The van der Waals surface area contributed by atoms with E-state index >= 15 is 0 Å². The van der Waals surface area contributed by atoms with Crippen LogP contribution in [0.4, 0.5) is 0 Å². The van der Waals surface area contributed by atoms with Crippen LogP contribution >= 0.6 is 0 Å². The van der Waals surface area contributed by atoms with Crippen LogP contribution in [0.1, 0.15) is 51.0 Å². The molecule has 1 aromatic heterocycles. The van der Waals surface area contributed by atoms with Gasteiger partial charge in [-0.25, -0.2) is 0 Å². The molecule has 0 aliphatic rings. The maximum absolute atomic E-state index is 6.01. The van der Waals surface area contributed by atoms with Gasteiger partial charge in [-0.3, -0.25) is 0 Å². The highest BCUT2D eigenvalue weighted by Gasteiger charge is 2.13.